The monoisotopic (exact) mass is 426 g/mol. The summed E-state index contributed by atoms with van der Waals surface area (Å²) < 4.78 is 0. The van der Waals surface area contributed by atoms with Crippen LogP contribution in [-0.2, 0) is 4.79 Å². The number of rotatable bonds is 1. The molecule has 0 radical (unpaired) electrons. The first-order valence-electron chi connectivity index (χ1n) is 13.8. The Morgan fingerprint density at radius 2 is 1.39 bits per heavy atom. The van der Waals surface area contributed by atoms with Crippen molar-refractivity contribution in [3.8, 4) is 0 Å². The van der Waals surface area contributed by atoms with Crippen molar-refractivity contribution in [2.45, 2.75) is 120 Å². The minimum absolute atomic E-state index is 0.183. The molecule has 5 aliphatic rings. The van der Waals surface area contributed by atoms with Crippen LogP contribution in [0.4, 0.5) is 0 Å². The van der Waals surface area contributed by atoms with Gasteiger partial charge in [0.25, 0.3) is 0 Å². The van der Waals surface area contributed by atoms with Crippen molar-refractivity contribution in [1.29, 1.82) is 0 Å². The molecule has 0 saturated heterocycles. The van der Waals surface area contributed by atoms with E-state index in [1.54, 1.807) is 0 Å². The first-order valence-corrected chi connectivity index (χ1v) is 13.8. The minimum atomic E-state index is 0.183. The molecule has 5 saturated carbocycles. The van der Waals surface area contributed by atoms with Gasteiger partial charge in [0.05, 0.1) is 0 Å². The molecule has 0 aromatic heterocycles. The molecular weight excluding hydrogens is 376 g/mol. The van der Waals surface area contributed by atoms with Crippen LogP contribution in [0.2, 0.25) is 0 Å². The fourth-order valence-corrected chi connectivity index (χ4v) is 12.0. The lowest BCUT2D eigenvalue weighted by molar-refractivity contribution is -0.233. The molecule has 1 nitrogen and oxygen atoms in total. The van der Waals surface area contributed by atoms with Gasteiger partial charge in [-0.05, 0) is 108 Å². The molecule has 0 aromatic rings. The number of hydrogen-bond acceptors (Lipinski definition) is 1. The van der Waals surface area contributed by atoms with E-state index in [1.807, 2.05) is 0 Å². The maximum atomic E-state index is 14.0. The van der Waals surface area contributed by atoms with Crippen molar-refractivity contribution in [3.63, 3.8) is 0 Å². The molecule has 0 unspecified atom stereocenters. The van der Waals surface area contributed by atoms with Gasteiger partial charge in [0, 0.05) is 12.3 Å². The third kappa shape index (κ3) is 2.65. The average molecular weight is 427 g/mol. The summed E-state index contributed by atoms with van der Waals surface area (Å²) in [4.78, 5) is 14.0. The maximum Gasteiger partial charge on any atom is 0.137 e. The number of carbonyl (C=O) groups excluding carboxylic acids is 1. The van der Waals surface area contributed by atoms with Gasteiger partial charge in [0.1, 0.15) is 5.78 Å². The normalized spacial score (nSPS) is 55.9. The summed E-state index contributed by atoms with van der Waals surface area (Å²) in [6.45, 7) is 20.2. The molecule has 5 fully saturated rings. The molecule has 0 spiro atoms. The van der Waals surface area contributed by atoms with Crippen LogP contribution in [0.5, 0.6) is 0 Å². The van der Waals surface area contributed by atoms with Crippen molar-refractivity contribution >= 4 is 5.78 Å². The van der Waals surface area contributed by atoms with Gasteiger partial charge in [0.15, 0.2) is 0 Å². The second-order valence-electron chi connectivity index (χ2n) is 15.0. The van der Waals surface area contributed by atoms with E-state index in [1.165, 1.54) is 57.8 Å². The van der Waals surface area contributed by atoms with Crippen LogP contribution >= 0.6 is 0 Å². The SMILES string of the molecule is CC(C)[C@H]1CC[C@]2(C)[C@H]3CC[C@@H]4[C@@]5(C)CCCC(C)(C)[C@@H]5C(=O)C[C@@]4(C)[C@]3(C)CC[C@@H]12. The van der Waals surface area contributed by atoms with Crippen LogP contribution in [0.25, 0.3) is 0 Å². The predicted molar refractivity (Wildman–Crippen MR) is 130 cm³/mol. The van der Waals surface area contributed by atoms with Crippen LogP contribution in [0, 0.1) is 62.6 Å². The van der Waals surface area contributed by atoms with Gasteiger partial charge in [-0.1, -0.05) is 61.8 Å². The Bertz CT molecular complexity index is 764. The highest BCUT2D eigenvalue weighted by Gasteiger charge is 2.71. The summed E-state index contributed by atoms with van der Waals surface area (Å²) in [6.07, 6.45) is 13.1. The predicted octanol–water partition coefficient (Wildman–Crippen LogP) is 8.31. The topological polar surface area (TPSA) is 17.1 Å². The minimum Gasteiger partial charge on any atom is -0.299 e. The molecule has 5 rings (SSSR count). The molecule has 176 valence electrons. The van der Waals surface area contributed by atoms with Crippen LogP contribution in [0.1, 0.15) is 120 Å². The highest BCUT2D eigenvalue weighted by atomic mass is 16.1. The Balaban J connectivity index is 1.56. The van der Waals surface area contributed by atoms with Crippen LogP contribution < -0.4 is 0 Å². The van der Waals surface area contributed by atoms with E-state index in [-0.39, 0.29) is 22.2 Å². The lowest BCUT2D eigenvalue weighted by atomic mass is 9.32. The summed E-state index contributed by atoms with van der Waals surface area (Å²) >= 11 is 0. The Kier molecular flexibility index (Phi) is 4.80. The lowest BCUT2D eigenvalue weighted by Crippen LogP contribution is -2.67. The third-order valence-electron chi connectivity index (χ3n) is 13.2. The lowest BCUT2D eigenvalue weighted by Gasteiger charge is -2.72. The largest absolute Gasteiger partial charge is 0.299 e. The summed E-state index contributed by atoms with van der Waals surface area (Å²) in [7, 11) is 0. The third-order valence-corrected chi connectivity index (χ3v) is 13.2. The maximum absolute atomic E-state index is 14.0. The van der Waals surface area contributed by atoms with Crippen LogP contribution in [0.3, 0.4) is 0 Å². The quantitative estimate of drug-likeness (QED) is 0.412. The van der Waals surface area contributed by atoms with Gasteiger partial charge in [-0.15, -0.1) is 0 Å². The molecule has 0 aromatic carbocycles. The molecule has 0 N–H and O–H groups in total. The number of hydrogen-bond donors (Lipinski definition) is 0. The van der Waals surface area contributed by atoms with Crippen LogP contribution in [0.15, 0.2) is 0 Å². The van der Waals surface area contributed by atoms with E-state index in [4.69, 9.17) is 0 Å². The molecule has 0 bridgehead atoms. The Labute approximate surface area is 192 Å². The molecule has 5 aliphatic carbocycles. The van der Waals surface area contributed by atoms with Crippen molar-refractivity contribution in [1.82, 2.24) is 0 Å². The van der Waals surface area contributed by atoms with Gasteiger partial charge in [0.2, 0.25) is 0 Å². The smallest absolute Gasteiger partial charge is 0.137 e. The van der Waals surface area contributed by atoms with E-state index in [2.05, 4.69) is 55.4 Å². The van der Waals surface area contributed by atoms with Crippen LogP contribution in [-0.4, -0.2) is 5.78 Å². The van der Waals surface area contributed by atoms with Gasteiger partial charge in [-0.3, -0.25) is 4.79 Å². The van der Waals surface area contributed by atoms with Crippen molar-refractivity contribution in [2.24, 2.45) is 62.6 Å². The second-order valence-corrected chi connectivity index (χ2v) is 15.0. The van der Waals surface area contributed by atoms with E-state index >= 15 is 0 Å². The number of ketones is 1. The summed E-state index contributed by atoms with van der Waals surface area (Å²) in [5.41, 5.74) is 1.42. The van der Waals surface area contributed by atoms with E-state index < -0.39 is 0 Å². The van der Waals surface area contributed by atoms with Gasteiger partial charge in [-0.25, -0.2) is 0 Å². The first kappa shape index (κ1) is 22.5. The Morgan fingerprint density at radius 3 is 2.03 bits per heavy atom. The molecule has 0 aliphatic heterocycles. The highest BCUT2D eigenvalue weighted by Crippen LogP contribution is 2.77. The zero-order valence-electron chi connectivity index (χ0n) is 21.9. The van der Waals surface area contributed by atoms with E-state index in [0.29, 0.717) is 16.6 Å². The van der Waals surface area contributed by atoms with Gasteiger partial charge < -0.3 is 0 Å². The number of carbonyl (C=O) groups is 1. The van der Waals surface area contributed by atoms with E-state index in [9.17, 15) is 4.79 Å². The summed E-state index contributed by atoms with van der Waals surface area (Å²) in [6, 6.07) is 0. The number of Topliss-reactive ketones (excluding diaryl/α,β-unsaturated/α-hetero) is 1. The second kappa shape index (κ2) is 6.63. The molecule has 0 amide bonds. The van der Waals surface area contributed by atoms with Gasteiger partial charge in [-0.2, -0.15) is 0 Å². The Hall–Kier alpha value is -0.330. The molecule has 0 heterocycles. The number of fused-ring (bicyclic) bond motifs is 7. The van der Waals surface area contributed by atoms with E-state index in [0.717, 1.165) is 36.0 Å². The first-order chi connectivity index (χ1) is 14.3. The molecule has 9 atom stereocenters. The van der Waals surface area contributed by atoms with Crippen molar-refractivity contribution in [3.05, 3.63) is 0 Å². The van der Waals surface area contributed by atoms with Gasteiger partial charge >= 0.3 is 0 Å². The highest BCUT2D eigenvalue weighted by molar-refractivity contribution is 5.85. The fraction of sp³-hybridized carbons (Fsp3) is 0.967. The molecular formula is C30H50O. The standard InChI is InChI=1S/C30H50O/c1-19(2)20-12-16-27(5)21(20)13-17-29(7)23(27)10-11-24-28(6)15-9-14-26(3,4)25(28)22(31)18-30(24,29)8/h19-21,23-25H,9-18H2,1-8H3/t20-,21+,23-,24-,25+,27+,28-,29-,30-/m1/s1. The summed E-state index contributed by atoms with van der Waals surface area (Å²) in [5, 5.41) is 0. The zero-order valence-corrected chi connectivity index (χ0v) is 21.9. The molecule has 31 heavy (non-hydrogen) atoms. The Morgan fingerprint density at radius 1 is 0.742 bits per heavy atom. The molecule has 1 heteroatoms. The van der Waals surface area contributed by atoms with Crippen molar-refractivity contribution in [2.75, 3.05) is 0 Å². The average Bonchev–Trinajstić information content (AvgIpc) is 2.98. The van der Waals surface area contributed by atoms with Crippen molar-refractivity contribution < 1.29 is 4.79 Å². The fourth-order valence-electron chi connectivity index (χ4n) is 12.0. The summed E-state index contributed by atoms with van der Waals surface area (Å²) in [5.74, 6) is 5.13. The zero-order chi connectivity index (χ0) is 22.6.